The fourth-order valence-electron chi connectivity index (χ4n) is 4.71. The van der Waals surface area contributed by atoms with Gasteiger partial charge in [-0.2, -0.15) is 0 Å². The molecule has 0 spiro atoms. The van der Waals surface area contributed by atoms with E-state index >= 15 is 0 Å². The van der Waals surface area contributed by atoms with Gasteiger partial charge in [-0.25, -0.2) is 15.0 Å². The van der Waals surface area contributed by atoms with Gasteiger partial charge in [0.2, 0.25) is 0 Å². The van der Waals surface area contributed by atoms with E-state index in [9.17, 15) is 4.79 Å². The van der Waals surface area contributed by atoms with Crippen molar-refractivity contribution in [2.24, 2.45) is 0 Å². The van der Waals surface area contributed by atoms with Gasteiger partial charge in [-0.3, -0.25) is 9.36 Å². The van der Waals surface area contributed by atoms with Crippen molar-refractivity contribution in [3.63, 3.8) is 0 Å². The molecule has 6 aromatic rings. The molecule has 0 N–H and O–H groups in total. The zero-order valence-corrected chi connectivity index (χ0v) is 20.4. The summed E-state index contributed by atoms with van der Waals surface area (Å²) in [6.07, 6.45) is 0. The predicted octanol–water partition coefficient (Wildman–Crippen LogP) is 5.02. The maximum absolute atomic E-state index is 14.0. The minimum atomic E-state index is -0.119. The summed E-state index contributed by atoms with van der Waals surface area (Å²) < 4.78 is 9.29. The second-order valence-electron chi connectivity index (χ2n) is 9.02. The summed E-state index contributed by atoms with van der Waals surface area (Å²) in [5.41, 5.74) is 6.36. The van der Waals surface area contributed by atoms with E-state index in [1.54, 1.807) is 11.7 Å². The first-order valence-corrected chi connectivity index (χ1v) is 11.9. The summed E-state index contributed by atoms with van der Waals surface area (Å²) in [6.45, 7) is 4.81. The third-order valence-corrected chi connectivity index (χ3v) is 6.62. The van der Waals surface area contributed by atoms with Crippen molar-refractivity contribution in [3.05, 3.63) is 106 Å². The van der Waals surface area contributed by atoms with Crippen molar-refractivity contribution >= 4 is 33.2 Å². The van der Waals surface area contributed by atoms with Gasteiger partial charge in [0, 0.05) is 5.56 Å². The summed E-state index contributed by atoms with van der Waals surface area (Å²) in [5.74, 6) is 1.41. The molecule has 0 saturated carbocycles. The monoisotopic (exact) mass is 475 g/mol. The number of aromatic nitrogens is 5. The Hall–Kier alpha value is -4.52. The molecule has 0 aliphatic carbocycles. The molecule has 3 aromatic heterocycles. The Morgan fingerprint density at radius 3 is 2.19 bits per heavy atom. The second kappa shape index (κ2) is 8.61. The van der Waals surface area contributed by atoms with Gasteiger partial charge >= 0.3 is 0 Å². The Labute approximate surface area is 207 Å². The van der Waals surface area contributed by atoms with Crippen molar-refractivity contribution in [2.75, 3.05) is 7.11 Å². The maximum atomic E-state index is 14.0. The van der Waals surface area contributed by atoms with Gasteiger partial charge < -0.3 is 9.30 Å². The summed E-state index contributed by atoms with van der Waals surface area (Å²) in [6, 6.07) is 23.8. The van der Waals surface area contributed by atoms with Gasteiger partial charge in [0.15, 0.2) is 11.3 Å². The average Bonchev–Trinajstić information content (AvgIpc) is 3.18. The lowest BCUT2D eigenvalue weighted by Gasteiger charge is -2.12. The van der Waals surface area contributed by atoms with Crippen LogP contribution in [0.25, 0.3) is 33.2 Å². The van der Waals surface area contributed by atoms with Crippen LogP contribution in [0.3, 0.4) is 0 Å². The highest BCUT2D eigenvalue weighted by Gasteiger charge is 2.22. The van der Waals surface area contributed by atoms with Gasteiger partial charge in [0.05, 0.1) is 31.2 Å². The van der Waals surface area contributed by atoms with Crippen LogP contribution < -0.4 is 10.3 Å². The van der Waals surface area contributed by atoms with E-state index < -0.39 is 0 Å². The van der Waals surface area contributed by atoms with Crippen molar-refractivity contribution in [3.8, 4) is 5.75 Å². The number of hydrogen-bond donors (Lipinski definition) is 0. The SMILES string of the molecule is COc1ccccc1Cn1c2nc3ccccc3nc2c2c(=O)n(Cc3ccc(C)cc3)c(C)nc21. The standard InChI is InChI=1S/C29H25N5O2/c1-18-12-14-20(15-13-18)16-33-19(2)30-27-25(29(33)35)26-28(32-23-10-6-5-9-22(23)31-26)34(27)17-21-8-4-7-11-24(21)36-3/h4-15H,16-17H2,1-3H3. The number of ether oxygens (including phenoxy) is 1. The highest BCUT2D eigenvalue weighted by atomic mass is 16.5. The van der Waals surface area contributed by atoms with E-state index in [0.29, 0.717) is 41.1 Å². The summed E-state index contributed by atoms with van der Waals surface area (Å²) in [4.78, 5) is 28.7. The average molecular weight is 476 g/mol. The van der Waals surface area contributed by atoms with Crippen LogP contribution >= 0.6 is 0 Å². The van der Waals surface area contributed by atoms with Crippen LogP contribution in [0.1, 0.15) is 22.5 Å². The van der Waals surface area contributed by atoms with E-state index in [1.165, 1.54) is 5.56 Å². The Bertz CT molecular complexity index is 1820. The Morgan fingerprint density at radius 1 is 0.750 bits per heavy atom. The quantitative estimate of drug-likeness (QED) is 0.350. The Balaban J connectivity index is 1.64. The molecule has 6 rings (SSSR count). The number of para-hydroxylation sites is 3. The lowest BCUT2D eigenvalue weighted by molar-refractivity contribution is 0.409. The highest BCUT2D eigenvalue weighted by molar-refractivity contribution is 6.04. The van der Waals surface area contributed by atoms with Gasteiger partial charge in [-0.05, 0) is 37.6 Å². The van der Waals surface area contributed by atoms with Gasteiger partial charge in [-0.15, -0.1) is 0 Å². The first-order valence-electron chi connectivity index (χ1n) is 11.9. The van der Waals surface area contributed by atoms with Crippen LogP contribution in [0, 0.1) is 13.8 Å². The third kappa shape index (κ3) is 3.60. The molecule has 7 heteroatoms. The largest absolute Gasteiger partial charge is 0.496 e. The number of methoxy groups -OCH3 is 1. The van der Waals surface area contributed by atoms with Crippen molar-refractivity contribution in [2.45, 2.75) is 26.9 Å². The number of aryl methyl sites for hydroxylation is 2. The number of nitrogens with zero attached hydrogens (tertiary/aromatic N) is 5. The summed E-state index contributed by atoms with van der Waals surface area (Å²) >= 11 is 0. The van der Waals surface area contributed by atoms with Crippen LogP contribution in [0.2, 0.25) is 0 Å². The van der Waals surface area contributed by atoms with E-state index in [4.69, 9.17) is 19.7 Å². The molecule has 0 amide bonds. The number of fused-ring (bicyclic) bond motifs is 4. The second-order valence-corrected chi connectivity index (χ2v) is 9.02. The number of rotatable bonds is 5. The van der Waals surface area contributed by atoms with Crippen LogP contribution in [-0.4, -0.2) is 31.2 Å². The molecule has 0 aliphatic heterocycles. The normalized spacial score (nSPS) is 11.5. The molecule has 0 aliphatic rings. The van der Waals surface area contributed by atoms with Gasteiger partial charge in [-0.1, -0.05) is 60.2 Å². The zero-order chi connectivity index (χ0) is 24.8. The molecule has 3 heterocycles. The molecule has 0 fully saturated rings. The van der Waals surface area contributed by atoms with E-state index in [1.807, 2.05) is 79.1 Å². The summed E-state index contributed by atoms with van der Waals surface area (Å²) in [5, 5.41) is 0.482. The summed E-state index contributed by atoms with van der Waals surface area (Å²) in [7, 11) is 1.66. The molecular formula is C29H25N5O2. The zero-order valence-electron chi connectivity index (χ0n) is 20.4. The van der Waals surface area contributed by atoms with Crippen LogP contribution in [0.5, 0.6) is 5.75 Å². The smallest absolute Gasteiger partial charge is 0.265 e. The Kier molecular flexibility index (Phi) is 5.25. The first kappa shape index (κ1) is 22.0. The van der Waals surface area contributed by atoms with E-state index in [0.717, 1.165) is 27.9 Å². The maximum Gasteiger partial charge on any atom is 0.265 e. The number of hydrogen-bond acceptors (Lipinski definition) is 5. The van der Waals surface area contributed by atoms with E-state index in [2.05, 4.69) is 12.1 Å². The lowest BCUT2D eigenvalue weighted by Crippen LogP contribution is -2.24. The minimum Gasteiger partial charge on any atom is -0.496 e. The van der Waals surface area contributed by atoms with Crippen molar-refractivity contribution in [1.29, 1.82) is 0 Å². The van der Waals surface area contributed by atoms with Gasteiger partial charge in [0.1, 0.15) is 22.5 Å². The molecule has 0 atom stereocenters. The topological polar surface area (TPSA) is 74.8 Å². The fourth-order valence-corrected chi connectivity index (χ4v) is 4.71. The fraction of sp³-hybridized carbons (Fsp3) is 0.172. The molecule has 3 aromatic carbocycles. The van der Waals surface area contributed by atoms with Gasteiger partial charge in [0.25, 0.3) is 5.56 Å². The van der Waals surface area contributed by atoms with Crippen LogP contribution in [0.15, 0.2) is 77.6 Å². The molecular weight excluding hydrogens is 450 g/mol. The van der Waals surface area contributed by atoms with Crippen LogP contribution in [-0.2, 0) is 13.1 Å². The number of benzene rings is 3. The third-order valence-electron chi connectivity index (χ3n) is 6.62. The predicted molar refractivity (Wildman–Crippen MR) is 142 cm³/mol. The molecule has 0 bridgehead atoms. The van der Waals surface area contributed by atoms with Crippen LogP contribution in [0.4, 0.5) is 0 Å². The molecule has 0 radical (unpaired) electrons. The van der Waals surface area contributed by atoms with Crippen molar-refractivity contribution in [1.82, 2.24) is 24.1 Å². The molecule has 0 saturated heterocycles. The highest BCUT2D eigenvalue weighted by Crippen LogP contribution is 2.28. The minimum absolute atomic E-state index is 0.119. The molecule has 178 valence electrons. The molecule has 7 nitrogen and oxygen atoms in total. The van der Waals surface area contributed by atoms with E-state index in [-0.39, 0.29) is 5.56 Å². The molecule has 0 unspecified atom stereocenters. The first-order chi connectivity index (χ1) is 17.5. The molecule has 36 heavy (non-hydrogen) atoms. The van der Waals surface area contributed by atoms with Crippen molar-refractivity contribution < 1.29 is 4.74 Å². The Morgan fingerprint density at radius 2 is 1.44 bits per heavy atom. The lowest BCUT2D eigenvalue weighted by atomic mass is 10.1.